The van der Waals surface area contributed by atoms with Crippen molar-refractivity contribution < 1.29 is 8.78 Å². The molecule has 0 saturated carbocycles. The lowest BCUT2D eigenvalue weighted by Crippen LogP contribution is -2.44. The summed E-state index contributed by atoms with van der Waals surface area (Å²) >= 11 is 0. The lowest BCUT2D eigenvalue weighted by Gasteiger charge is -2.30. The van der Waals surface area contributed by atoms with E-state index in [2.05, 4.69) is 20.2 Å². The first-order valence-electron chi connectivity index (χ1n) is 6.28. The van der Waals surface area contributed by atoms with E-state index in [-0.39, 0.29) is 18.0 Å². The van der Waals surface area contributed by atoms with Gasteiger partial charge in [0.25, 0.3) is 5.92 Å². The number of anilines is 1. The number of alkyl halides is 2. The summed E-state index contributed by atoms with van der Waals surface area (Å²) in [5.74, 6) is -2.28. The summed E-state index contributed by atoms with van der Waals surface area (Å²) in [6.45, 7) is 5.17. The van der Waals surface area contributed by atoms with Crippen molar-refractivity contribution in [3.63, 3.8) is 0 Å². The smallest absolute Gasteiger partial charge is 0.290 e. The highest BCUT2D eigenvalue weighted by molar-refractivity contribution is 5.54. The van der Waals surface area contributed by atoms with Crippen LogP contribution in [0.5, 0.6) is 0 Å². The molecule has 1 unspecified atom stereocenters. The van der Waals surface area contributed by atoms with E-state index in [0.29, 0.717) is 11.4 Å². The Morgan fingerprint density at radius 1 is 1.33 bits per heavy atom. The van der Waals surface area contributed by atoms with Crippen LogP contribution in [0.1, 0.15) is 30.5 Å². The average molecular weight is 254 g/mol. The Bertz CT molecular complexity index is 457. The van der Waals surface area contributed by atoms with Crippen LogP contribution in [-0.4, -0.2) is 36.1 Å². The summed E-state index contributed by atoms with van der Waals surface area (Å²) in [7, 11) is 0. The van der Waals surface area contributed by atoms with Crippen molar-refractivity contribution in [3.8, 4) is 0 Å². The second kappa shape index (κ2) is 4.12. The Labute approximate surface area is 104 Å². The van der Waals surface area contributed by atoms with Gasteiger partial charge in [0, 0.05) is 38.2 Å². The standard InChI is InChI=1S/C12H16F2N4/c1-8-6-12(13,14)10-9(8)11(17-7-16-10)18-4-2-15-3-5-18/h7-8,15H,2-6H2,1H3. The van der Waals surface area contributed by atoms with Gasteiger partial charge in [0.05, 0.1) is 0 Å². The first-order chi connectivity index (χ1) is 8.59. The fraction of sp³-hybridized carbons (Fsp3) is 0.667. The fourth-order valence-corrected chi connectivity index (χ4v) is 2.84. The van der Waals surface area contributed by atoms with E-state index < -0.39 is 5.92 Å². The van der Waals surface area contributed by atoms with Crippen LogP contribution in [-0.2, 0) is 5.92 Å². The molecule has 0 aromatic carbocycles. The van der Waals surface area contributed by atoms with Crippen molar-refractivity contribution in [1.82, 2.24) is 15.3 Å². The minimum atomic E-state index is -2.81. The molecule has 1 aromatic rings. The van der Waals surface area contributed by atoms with Gasteiger partial charge in [0.1, 0.15) is 17.8 Å². The van der Waals surface area contributed by atoms with Gasteiger partial charge in [0.2, 0.25) is 0 Å². The van der Waals surface area contributed by atoms with Crippen LogP contribution in [0.4, 0.5) is 14.6 Å². The summed E-state index contributed by atoms with van der Waals surface area (Å²) in [6, 6.07) is 0. The van der Waals surface area contributed by atoms with E-state index in [9.17, 15) is 8.78 Å². The quantitative estimate of drug-likeness (QED) is 0.824. The van der Waals surface area contributed by atoms with E-state index in [1.165, 1.54) is 6.33 Å². The number of halogens is 2. The van der Waals surface area contributed by atoms with E-state index in [1.54, 1.807) is 0 Å². The summed E-state index contributed by atoms with van der Waals surface area (Å²) in [5.41, 5.74) is 0.572. The van der Waals surface area contributed by atoms with Crippen molar-refractivity contribution in [1.29, 1.82) is 0 Å². The average Bonchev–Trinajstić information content (AvgIpc) is 2.61. The number of aromatic nitrogens is 2. The van der Waals surface area contributed by atoms with Gasteiger partial charge < -0.3 is 10.2 Å². The molecule has 1 N–H and O–H groups in total. The molecular weight excluding hydrogens is 238 g/mol. The lowest BCUT2D eigenvalue weighted by atomic mass is 10.1. The minimum Gasteiger partial charge on any atom is -0.354 e. The minimum absolute atomic E-state index is 0.0708. The number of rotatable bonds is 1. The van der Waals surface area contributed by atoms with Crippen LogP contribution in [0.2, 0.25) is 0 Å². The van der Waals surface area contributed by atoms with Gasteiger partial charge in [-0.25, -0.2) is 9.97 Å². The van der Waals surface area contributed by atoms with Crippen LogP contribution in [0, 0.1) is 0 Å². The zero-order valence-corrected chi connectivity index (χ0v) is 10.3. The number of hydrogen-bond donors (Lipinski definition) is 1. The SMILES string of the molecule is CC1CC(F)(F)c2ncnc(N3CCNCC3)c21. The monoisotopic (exact) mass is 254 g/mol. The number of piperazine rings is 1. The number of hydrogen-bond acceptors (Lipinski definition) is 4. The molecule has 0 radical (unpaired) electrons. The molecule has 1 aliphatic heterocycles. The van der Waals surface area contributed by atoms with E-state index >= 15 is 0 Å². The normalized spacial score (nSPS) is 26.2. The van der Waals surface area contributed by atoms with Crippen LogP contribution in [0.25, 0.3) is 0 Å². The zero-order chi connectivity index (χ0) is 12.8. The van der Waals surface area contributed by atoms with Crippen molar-refractivity contribution in [3.05, 3.63) is 17.6 Å². The highest BCUT2D eigenvalue weighted by atomic mass is 19.3. The molecule has 6 heteroatoms. The zero-order valence-electron chi connectivity index (χ0n) is 10.3. The molecule has 0 spiro atoms. The Kier molecular flexibility index (Phi) is 2.69. The second-order valence-corrected chi connectivity index (χ2v) is 5.01. The van der Waals surface area contributed by atoms with Crippen LogP contribution in [0.3, 0.4) is 0 Å². The highest BCUT2D eigenvalue weighted by Gasteiger charge is 2.47. The first kappa shape index (κ1) is 11.8. The summed E-state index contributed by atoms with van der Waals surface area (Å²) in [5, 5.41) is 3.25. The van der Waals surface area contributed by atoms with Crippen molar-refractivity contribution in [2.45, 2.75) is 25.2 Å². The number of nitrogens with zero attached hydrogens (tertiary/aromatic N) is 3. The van der Waals surface area contributed by atoms with Gasteiger partial charge in [0.15, 0.2) is 0 Å². The Morgan fingerprint density at radius 2 is 2.06 bits per heavy atom. The molecule has 0 bridgehead atoms. The molecule has 3 rings (SSSR count). The Hall–Kier alpha value is -1.30. The third-order valence-electron chi connectivity index (χ3n) is 3.68. The first-order valence-corrected chi connectivity index (χ1v) is 6.28. The summed E-state index contributed by atoms with van der Waals surface area (Å²) in [4.78, 5) is 10.1. The molecule has 18 heavy (non-hydrogen) atoms. The molecule has 2 heterocycles. The molecule has 1 saturated heterocycles. The van der Waals surface area contributed by atoms with Crippen LogP contribution in [0.15, 0.2) is 6.33 Å². The maximum Gasteiger partial charge on any atom is 0.290 e. The van der Waals surface area contributed by atoms with Gasteiger partial charge in [-0.1, -0.05) is 6.92 Å². The van der Waals surface area contributed by atoms with Gasteiger partial charge in [-0.15, -0.1) is 0 Å². The van der Waals surface area contributed by atoms with Crippen LogP contribution < -0.4 is 10.2 Å². The Morgan fingerprint density at radius 3 is 2.78 bits per heavy atom. The number of fused-ring (bicyclic) bond motifs is 1. The summed E-state index contributed by atoms with van der Waals surface area (Å²) < 4.78 is 27.6. The molecule has 98 valence electrons. The van der Waals surface area contributed by atoms with Gasteiger partial charge in [-0.3, -0.25) is 0 Å². The van der Waals surface area contributed by atoms with Gasteiger partial charge in [-0.05, 0) is 5.92 Å². The largest absolute Gasteiger partial charge is 0.354 e. The number of nitrogens with one attached hydrogen (secondary N) is 1. The van der Waals surface area contributed by atoms with E-state index in [1.807, 2.05) is 6.92 Å². The molecule has 1 aliphatic carbocycles. The summed E-state index contributed by atoms with van der Waals surface area (Å²) in [6.07, 6.45) is 1.11. The lowest BCUT2D eigenvalue weighted by molar-refractivity contribution is -0.00976. The highest BCUT2D eigenvalue weighted by Crippen LogP contribution is 2.49. The molecule has 1 atom stereocenters. The third-order valence-corrected chi connectivity index (χ3v) is 3.68. The van der Waals surface area contributed by atoms with Crippen molar-refractivity contribution >= 4 is 5.82 Å². The third kappa shape index (κ3) is 1.75. The van der Waals surface area contributed by atoms with Crippen LogP contribution >= 0.6 is 0 Å². The second-order valence-electron chi connectivity index (χ2n) is 5.01. The Balaban J connectivity index is 2.04. The molecule has 4 nitrogen and oxygen atoms in total. The molecular formula is C12H16F2N4. The van der Waals surface area contributed by atoms with Gasteiger partial charge >= 0.3 is 0 Å². The molecule has 0 amide bonds. The van der Waals surface area contributed by atoms with E-state index in [0.717, 1.165) is 26.2 Å². The maximum absolute atomic E-state index is 13.8. The predicted molar refractivity (Wildman–Crippen MR) is 64.0 cm³/mol. The van der Waals surface area contributed by atoms with E-state index in [4.69, 9.17) is 0 Å². The van der Waals surface area contributed by atoms with Crippen molar-refractivity contribution in [2.75, 3.05) is 31.1 Å². The molecule has 2 aliphatic rings. The predicted octanol–water partition coefficient (Wildman–Crippen LogP) is 1.49. The molecule has 1 aromatic heterocycles. The fourth-order valence-electron chi connectivity index (χ4n) is 2.84. The van der Waals surface area contributed by atoms with Crippen molar-refractivity contribution in [2.24, 2.45) is 0 Å². The maximum atomic E-state index is 13.8. The van der Waals surface area contributed by atoms with Gasteiger partial charge in [-0.2, -0.15) is 8.78 Å². The molecule has 1 fully saturated rings. The topological polar surface area (TPSA) is 41.1 Å².